The van der Waals surface area contributed by atoms with E-state index in [0.717, 1.165) is 41.9 Å². The molecule has 5 nitrogen and oxygen atoms in total. The van der Waals surface area contributed by atoms with Crippen molar-refractivity contribution < 1.29 is 9.53 Å². The molecule has 1 aromatic heterocycles. The van der Waals surface area contributed by atoms with Crippen LogP contribution in [0.2, 0.25) is 0 Å². The standard InChI is InChI=1S/C23H29N3O2/c1-4-26(5-2)16-18-9-7-17(8-10-18)15-24-23(27)22-13-19-11-12-20(28-6-3)14-21(19)25-22/h7-14,25H,4-6,15-16H2,1-3H3,(H,24,27). The van der Waals surface area contributed by atoms with Gasteiger partial charge in [0.1, 0.15) is 11.4 Å². The first kappa shape index (κ1) is 20.0. The molecule has 0 saturated carbocycles. The van der Waals surface area contributed by atoms with Gasteiger partial charge in [-0.2, -0.15) is 0 Å². The van der Waals surface area contributed by atoms with Gasteiger partial charge in [0.05, 0.1) is 6.61 Å². The van der Waals surface area contributed by atoms with Crippen LogP contribution >= 0.6 is 0 Å². The number of H-pyrrole nitrogens is 1. The molecule has 0 saturated heterocycles. The van der Waals surface area contributed by atoms with Gasteiger partial charge < -0.3 is 15.0 Å². The highest BCUT2D eigenvalue weighted by atomic mass is 16.5. The van der Waals surface area contributed by atoms with Crippen LogP contribution in [0, 0.1) is 0 Å². The van der Waals surface area contributed by atoms with Crippen LogP contribution in [0.25, 0.3) is 10.9 Å². The van der Waals surface area contributed by atoms with Crippen LogP contribution in [-0.2, 0) is 13.1 Å². The summed E-state index contributed by atoms with van der Waals surface area (Å²) in [5, 5.41) is 3.98. The predicted octanol–water partition coefficient (Wildman–Crippen LogP) is 4.34. The van der Waals surface area contributed by atoms with E-state index < -0.39 is 0 Å². The maximum atomic E-state index is 12.5. The second kappa shape index (κ2) is 9.42. The predicted molar refractivity (Wildman–Crippen MR) is 114 cm³/mol. The number of ether oxygens (including phenoxy) is 1. The Kier molecular flexibility index (Phi) is 6.71. The first-order valence-corrected chi connectivity index (χ1v) is 9.96. The summed E-state index contributed by atoms with van der Waals surface area (Å²) < 4.78 is 5.51. The lowest BCUT2D eigenvalue weighted by Crippen LogP contribution is -2.23. The summed E-state index contributed by atoms with van der Waals surface area (Å²) in [4.78, 5) is 18.1. The van der Waals surface area contributed by atoms with Gasteiger partial charge in [-0.1, -0.05) is 38.1 Å². The van der Waals surface area contributed by atoms with E-state index in [2.05, 4.69) is 53.3 Å². The molecule has 0 unspecified atom stereocenters. The van der Waals surface area contributed by atoms with Crippen molar-refractivity contribution in [3.05, 3.63) is 65.4 Å². The fourth-order valence-corrected chi connectivity index (χ4v) is 3.23. The summed E-state index contributed by atoms with van der Waals surface area (Å²) in [6.07, 6.45) is 0. The quantitative estimate of drug-likeness (QED) is 0.581. The highest BCUT2D eigenvalue weighted by Crippen LogP contribution is 2.21. The van der Waals surface area contributed by atoms with Crippen molar-refractivity contribution in [3.63, 3.8) is 0 Å². The first-order valence-electron chi connectivity index (χ1n) is 9.96. The summed E-state index contributed by atoms with van der Waals surface area (Å²) >= 11 is 0. The Labute approximate surface area is 166 Å². The minimum atomic E-state index is -0.110. The topological polar surface area (TPSA) is 57.4 Å². The number of hydrogen-bond acceptors (Lipinski definition) is 3. The van der Waals surface area contributed by atoms with E-state index in [1.165, 1.54) is 5.56 Å². The van der Waals surface area contributed by atoms with Gasteiger partial charge in [0.2, 0.25) is 0 Å². The number of amides is 1. The number of aromatic amines is 1. The van der Waals surface area contributed by atoms with Crippen molar-refractivity contribution in [2.45, 2.75) is 33.9 Å². The van der Waals surface area contributed by atoms with Gasteiger partial charge >= 0.3 is 0 Å². The van der Waals surface area contributed by atoms with Gasteiger partial charge in [0, 0.05) is 30.1 Å². The minimum absolute atomic E-state index is 0.110. The molecule has 5 heteroatoms. The molecule has 0 aliphatic rings. The van der Waals surface area contributed by atoms with Crippen molar-refractivity contribution in [3.8, 4) is 5.75 Å². The minimum Gasteiger partial charge on any atom is -0.494 e. The van der Waals surface area contributed by atoms with Crippen molar-refractivity contribution in [1.29, 1.82) is 0 Å². The highest BCUT2D eigenvalue weighted by Gasteiger charge is 2.10. The SMILES string of the molecule is CCOc1ccc2cc(C(=O)NCc3ccc(CN(CC)CC)cc3)[nH]c2c1. The largest absolute Gasteiger partial charge is 0.494 e. The fraction of sp³-hybridized carbons (Fsp3) is 0.348. The van der Waals surface area contributed by atoms with Gasteiger partial charge in [0.15, 0.2) is 0 Å². The molecule has 0 aliphatic heterocycles. The Balaban J connectivity index is 1.59. The number of carbonyl (C=O) groups is 1. The monoisotopic (exact) mass is 379 g/mol. The lowest BCUT2D eigenvalue weighted by molar-refractivity contribution is 0.0946. The average molecular weight is 380 g/mol. The van der Waals surface area contributed by atoms with E-state index in [9.17, 15) is 4.79 Å². The lowest BCUT2D eigenvalue weighted by atomic mass is 10.1. The van der Waals surface area contributed by atoms with Crippen LogP contribution in [0.4, 0.5) is 0 Å². The molecule has 0 fully saturated rings. The van der Waals surface area contributed by atoms with E-state index in [1.807, 2.05) is 31.2 Å². The smallest absolute Gasteiger partial charge is 0.267 e. The molecule has 3 rings (SSSR count). The van der Waals surface area contributed by atoms with E-state index in [4.69, 9.17) is 4.74 Å². The summed E-state index contributed by atoms with van der Waals surface area (Å²) in [6, 6.07) is 16.1. The van der Waals surface area contributed by atoms with Crippen molar-refractivity contribution in [2.75, 3.05) is 19.7 Å². The third kappa shape index (κ3) is 4.93. The Morgan fingerprint density at radius 3 is 2.39 bits per heavy atom. The molecule has 28 heavy (non-hydrogen) atoms. The first-order chi connectivity index (χ1) is 13.6. The third-order valence-corrected chi connectivity index (χ3v) is 4.93. The number of benzene rings is 2. The number of nitrogens with one attached hydrogen (secondary N) is 2. The molecule has 2 N–H and O–H groups in total. The maximum Gasteiger partial charge on any atom is 0.267 e. The van der Waals surface area contributed by atoms with Crippen LogP contribution in [0.15, 0.2) is 48.5 Å². The summed E-state index contributed by atoms with van der Waals surface area (Å²) in [7, 11) is 0. The fourth-order valence-electron chi connectivity index (χ4n) is 3.23. The average Bonchev–Trinajstić information content (AvgIpc) is 3.15. The van der Waals surface area contributed by atoms with Gasteiger partial charge in [-0.05, 0) is 49.3 Å². The van der Waals surface area contributed by atoms with Crippen molar-refractivity contribution in [2.24, 2.45) is 0 Å². The lowest BCUT2D eigenvalue weighted by Gasteiger charge is -2.18. The number of hydrogen-bond donors (Lipinski definition) is 2. The number of rotatable bonds is 9. The Bertz CT molecular complexity index is 911. The van der Waals surface area contributed by atoms with Crippen molar-refractivity contribution in [1.82, 2.24) is 15.2 Å². The molecule has 0 bridgehead atoms. The molecule has 0 radical (unpaired) electrons. The Hall–Kier alpha value is -2.79. The molecular weight excluding hydrogens is 350 g/mol. The summed E-state index contributed by atoms with van der Waals surface area (Å²) in [5.74, 6) is 0.690. The number of carbonyl (C=O) groups excluding carboxylic acids is 1. The third-order valence-electron chi connectivity index (χ3n) is 4.93. The molecular formula is C23H29N3O2. The van der Waals surface area contributed by atoms with Crippen LogP contribution < -0.4 is 10.1 Å². The van der Waals surface area contributed by atoms with E-state index in [-0.39, 0.29) is 5.91 Å². The zero-order valence-corrected chi connectivity index (χ0v) is 16.9. The molecule has 0 aliphatic carbocycles. The normalized spacial score (nSPS) is 11.1. The molecule has 1 amide bonds. The van der Waals surface area contributed by atoms with Gasteiger partial charge in [-0.25, -0.2) is 0 Å². The van der Waals surface area contributed by atoms with Crippen LogP contribution in [0.3, 0.4) is 0 Å². The Morgan fingerprint density at radius 2 is 1.71 bits per heavy atom. The van der Waals surface area contributed by atoms with Gasteiger partial charge in [0.25, 0.3) is 5.91 Å². The molecule has 148 valence electrons. The van der Waals surface area contributed by atoms with Crippen LogP contribution in [-0.4, -0.2) is 35.5 Å². The zero-order valence-electron chi connectivity index (χ0n) is 16.9. The molecule has 1 heterocycles. The van der Waals surface area contributed by atoms with Crippen LogP contribution in [0.5, 0.6) is 5.75 Å². The molecule has 2 aromatic carbocycles. The van der Waals surface area contributed by atoms with Gasteiger partial charge in [-0.15, -0.1) is 0 Å². The van der Waals surface area contributed by atoms with E-state index in [0.29, 0.717) is 18.8 Å². The maximum absolute atomic E-state index is 12.5. The second-order valence-electron chi connectivity index (χ2n) is 6.83. The van der Waals surface area contributed by atoms with Crippen molar-refractivity contribution >= 4 is 16.8 Å². The number of aromatic nitrogens is 1. The van der Waals surface area contributed by atoms with E-state index in [1.54, 1.807) is 0 Å². The van der Waals surface area contributed by atoms with Crippen LogP contribution in [0.1, 0.15) is 42.4 Å². The number of fused-ring (bicyclic) bond motifs is 1. The number of nitrogens with zero attached hydrogens (tertiary/aromatic N) is 1. The molecule has 3 aromatic rings. The Morgan fingerprint density at radius 1 is 1.00 bits per heavy atom. The summed E-state index contributed by atoms with van der Waals surface area (Å²) in [5.41, 5.74) is 3.84. The summed E-state index contributed by atoms with van der Waals surface area (Å²) in [6.45, 7) is 10.5. The van der Waals surface area contributed by atoms with E-state index >= 15 is 0 Å². The van der Waals surface area contributed by atoms with Gasteiger partial charge in [-0.3, -0.25) is 9.69 Å². The molecule has 0 spiro atoms. The second-order valence-corrected chi connectivity index (χ2v) is 6.83. The zero-order chi connectivity index (χ0) is 19.9. The highest BCUT2D eigenvalue weighted by molar-refractivity contribution is 5.98. The molecule has 0 atom stereocenters.